The monoisotopic (exact) mass is 301 g/mol. The summed E-state index contributed by atoms with van der Waals surface area (Å²) < 4.78 is 10.4. The smallest absolute Gasteiger partial charge is 0.243 e. The number of nitrogens with one attached hydrogen (secondary N) is 1. The molecule has 3 N–H and O–H groups in total. The summed E-state index contributed by atoms with van der Waals surface area (Å²) in [6.45, 7) is 2.17. The number of hydrogen-bond donors (Lipinski definition) is 2. The van der Waals surface area contributed by atoms with Crippen LogP contribution in [-0.4, -0.2) is 30.6 Å². The lowest BCUT2D eigenvalue weighted by atomic mass is 10.2. The van der Waals surface area contributed by atoms with Crippen molar-refractivity contribution in [3.8, 4) is 11.6 Å². The summed E-state index contributed by atoms with van der Waals surface area (Å²) in [5, 5.41) is 2.66. The van der Waals surface area contributed by atoms with Crippen LogP contribution in [0.5, 0.6) is 11.6 Å². The Labute approximate surface area is 129 Å². The van der Waals surface area contributed by atoms with Crippen molar-refractivity contribution in [3.05, 3.63) is 48.2 Å². The van der Waals surface area contributed by atoms with Crippen molar-refractivity contribution in [2.24, 2.45) is 5.73 Å². The molecule has 0 saturated heterocycles. The van der Waals surface area contributed by atoms with Gasteiger partial charge in [-0.3, -0.25) is 4.79 Å². The van der Waals surface area contributed by atoms with Gasteiger partial charge in [0.2, 0.25) is 11.8 Å². The number of anilines is 1. The summed E-state index contributed by atoms with van der Waals surface area (Å²) in [5.74, 6) is 0.830. The van der Waals surface area contributed by atoms with E-state index in [-0.39, 0.29) is 12.5 Å². The normalized spacial score (nSPS) is 11.8. The number of carbonyl (C=O) groups is 1. The lowest BCUT2D eigenvalue weighted by Gasteiger charge is -2.11. The molecule has 0 saturated carbocycles. The SMILES string of the molecule is COCC(N)C(=O)Nc1ccc(Oc2ccc(C)cc2)nc1. The van der Waals surface area contributed by atoms with Gasteiger partial charge in [0, 0.05) is 13.2 Å². The first-order chi connectivity index (χ1) is 10.6. The molecule has 1 unspecified atom stereocenters. The molecule has 0 spiro atoms. The zero-order chi connectivity index (χ0) is 15.9. The Balaban J connectivity index is 1.95. The molecule has 0 fully saturated rings. The Hall–Kier alpha value is -2.44. The summed E-state index contributed by atoms with van der Waals surface area (Å²) in [6.07, 6.45) is 1.51. The van der Waals surface area contributed by atoms with Crippen LogP contribution in [-0.2, 0) is 9.53 Å². The van der Waals surface area contributed by atoms with Gasteiger partial charge >= 0.3 is 0 Å². The van der Waals surface area contributed by atoms with Crippen LogP contribution in [0, 0.1) is 6.92 Å². The maximum atomic E-state index is 11.7. The number of hydrogen-bond acceptors (Lipinski definition) is 5. The second-order valence-electron chi connectivity index (χ2n) is 4.85. The van der Waals surface area contributed by atoms with Crippen molar-refractivity contribution in [1.82, 2.24) is 4.98 Å². The Morgan fingerprint density at radius 2 is 2.00 bits per heavy atom. The lowest BCUT2D eigenvalue weighted by Crippen LogP contribution is -2.39. The molecule has 116 valence electrons. The second-order valence-corrected chi connectivity index (χ2v) is 4.85. The molecule has 0 bridgehead atoms. The van der Waals surface area contributed by atoms with Crippen LogP contribution in [0.2, 0.25) is 0 Å². The highest BCUT2D eigenvalue weighted by Gasteiger charge is 2.13. The van der Waals surface area contributed by atoms with E-state index in [1.165, 1.54) is 13.3 Å². The average Bonchev–Trinajstić information content (AvgIpc) is 2.51. The van der Waals surface area contributed by atoms with Crippen molar-refractivity contribution in [3.63, 3.8) is 0 Å². The first-order valence-electron chi connectivity index (χ1n) is 6.84. The van der Waals surface area contributed by atoms with E-state index in [2.05, 4.69) is 10.3 Å². The molecule has 1 heterocycles. The molecule has 1 atom stereocenters. The number of aryl methyl sites for hydroxylation is 1. The summed E-state index contributed by atoms with van der Waals surface area (Å²) in [5.41, 5.74) is 7.34. The van der Waals surface area contributed by atoms with E-state index in [1.807, 2.05) is 31.2 Å². The van der Waals surface area contributed by atoms with Crippen molar-refractivity contribution in [2.75, 3.05) is 19.0 Å². The van der Waals surface area contributed by atoms with Crippen LogP contribution in [0.3, 0.4) is 0 Å². The standard InChI is InChI=1S/C16H19N3O3/c1-11-3-6-13(7-4-11)22-15-8-5-12(9-18-15)19-16(20)14(17)10-21-2/h3-9,14H,10,17H2,1-2H3,(H,19,20). The number of amides is 1. The molecule has 2 rings (SSSR count). The maximum absolute atomic E-state index is 11.7. The van der Waals surface area contributed by atoms with Gasteiger partial charge in [-0.05, 0) is 25.1 Å². The van der Waals surface area contributed by atoms with Crippen molar-refractivity contribution >= 4 is 11.6 Å². The molecule has 0 aliphatic heterocycles. The molecule has 2 aromatic rings. The fourth-order valence-corrected chi connectivity index (χ4v) is 1.73. The third-order valence-corrected chi connectivity index (χ3v) is 2.93. The van der Waals surface area contributed by atoms with Crippen LogP contribution in [0.15, 0.2) is 42.6 Å². The number of rotatable bonds is 6. The lowest BCUT2D eigenvalue weighted by molar-refractivity contribution is -0.118. The van der Waals surface area contributed by atoms with E-state index in [4.69, 9.17) is 15.2 Å². The topological polar surface area (TPSA) is 86.5 Å². The van der Waals surface area contributed by atoms with Crippen LogP contribution in [0.25, 0.3) is 0 Å². The van der Waals surface area contributed by atoms with E-state index in [1.54, 1.807) is 12.1 Å². The summed E-state index contributed by atoms with van der Waals surface area (Å²) in [6, 6.07) is 10.3. The number of pyridine rings is 1. The van der Waals surface area contributed by atoms with Crippen molar-refractivity contribution < 1.29 is 14.3 Å². The molecule has 6 heteroatoms. The molecule has 1 aromatic heterocycles. The minimum absolute atomic E-state index is 0.161. The first kappa shape index (κ1) is 15.9. The highest BCUT2D eigenvalue weighted by molar-refractivity contribution is 5.94. The van der Waals surface area contributed by atoms with Crippen LogP contribution >= 0.6 is 0 Å². The van der Waals surface area contributed by atoms with Gasteiger partial charge in [-0.1, -0.05) is 17.7 Å². The number of methoxy groups -OCH3 is 1. The Morgan fingerprint density at radius 3 is 2.59 bits per heavy atom. The maximum Gasteiger partial charge on any atom is 0.243 e. The number of ether oxygens (including phenoxy) is 2. The van der Waals surface area contributed by atoms with Crippen LogP contribution in [0.4, 0.5) is 5.69 Å². The molecule has 22 heavy (non-hydrogen) atoms. The van der Waals surface area contributed by atoms with E-state index in [9.17, 15) is 4.79 Å². The summed E-state index contributed by atoms with van der Waals surface area (Å²) in [4.78, 5) is 15.9. The average molecular weight is 301 g/mol. The molecule has 1 aromatic carbocycles. The fourth-order valence-electron chi connectivity index (χ4n) is 1.73. The number of nitrogens with two attached hydrogens (primary N) is 1. The molecule has 0 aliphatic rings. The van der Waals surface area contributed by atoms with Gasteiger partial charge in [0.1, 0.15) is 11.8 Å². The second kappa shape index (κ2) is 7.53. The van der Waals surface area contributed by atoms with E-state index < -0.39 is 6.04 Å². The molecule has 1 amide bonds. The highest BCUT2D eigenvalue weighted by Crippen LogP contribution is 2.20. The van der Waals surface area contributed by atoms with Crippen LogP contribution in [0.1, 0.15) is 5.56 Å². The van der Waals surface area contributed by atoms with E-state index in [0.717, 1.165) is 5.56 Å². The zero-order valence-corrected chi connectivity index (χ0v) is 12.6. The Morgan fingerprint density at radius 1 is 1.27 bits per heavy atom. The van der Waals surface area contributed by atoms with E-state index in [0.29, 0.717) is 17.3 Å². The van der Waals surface area contributed by atoms with Gasteiger partial charge in [0.25, 0.3) is 0 Å². The minimum Gasteiger partial charge on any atom is -0.439 e. The van der Waals surface area contributed by atoms with Gasteiger partial charge < -0.3 is 20.5 Å². The Bertz CT molecular complexity index is 612. The Kier molecular flexibility index (Phi) is 5.46. The van der Waals surface area contributed by atoms with Crippen LogP contribution < -0.4 is 15.8 Å². The quantitative estimate of drug-likeness (QED) is 0.853. The summed E-state index contributed by atoms with van der Waals surface area (Å²) in [7, 11) is 1.49. The number of nitrogens with zero attached hydrogens (tertiary/aromatic N) is 1. The van der Waals surface area contributed by atoms with E-state index >= 15 is 0 Å². The van der Waals surface area contributed by atoms with Gasteiger partial charge in [-0.25, -0.2) is 4.98 Å². The zero-order valence-electron chi connectivity index (χ0n) is 12.6. The summed E-state index contributed by atoms with van der Waals surface area (Å²) >= 11 is 0. The van der Waals surface area contributed by atoms with Gasteiger partial charge in [-0.2, -0.15) is 0 Å². The molecular weight excluding hydrogens is 282 g/mol. The third-order valence-electron chi connectivity index (χ3n) is 2.93. The van der Waals surface area contributed by atoms with Gasteiger partial charge in [0.05, 0.1) is 18.5 Å². The number of aromatic nitrogens is 1. The van der Waals surface area contributed by atoms with Crippen molar-refractivity contribution in [1.29, 1.82) is 0 Å². The highest BCUT2D eigenvalue weighted by atomic mass is 16.5. The largest absolute Gasteiger partial charge is 0.439 e. The molecular formula is C16H19N3O3. The minimum atomic E-state index is -0.714. The fraction of sp³-hybridized carbons (Fsp3) is 0.250. The molecule has 0 radical (unpaired) electrons. The van der Waals surface area contributed by atoms with Gasteiger partial charge in [-0.15, -0.1) is 0 Å². The van der Waals surface area contributed by atoms with Crippen molar-refractivity contribution in [2.45, 2.75) is 13.0 Å². The predicted octanol–water partition coefficient (Wildman–Crippen LogP) is 2.09. The van der Waals surface area contributed by atoms with Gasteiger partial charge in [0.15, 0.2) is 0 Å². The molecule has 0 aliphatic carbocycles. The number of benzene rings is 1. The number of carbonyl (C=O) groups excluding carboxylic acids is 1. The predicted molar refractivity (Wildman–Crippen MR) is 84.0 cm³/mol. The first-order valence-corrected chi connectivity index (χ1v) is 6.84. The third kappa shape index (κ3) is 4.54. The molecule has 6 nitrogen and oxygen atoms in total.